The quantitative estimate of drug-likeness (QED) is 0.590. The summed E-state index contributed by atoms with van der Waals surface area (Å²) in [6, 6.07) is 0. The Kier molecular flexibility index (Phi) is 4.63. The van der Waals surface area contributed by atoms with Crippen molar-refractivity contribution in [2.45, 2.75) is 38.0 Å². The van der Waals surface area contributed by atoms with Crippen molar-refractivity contribution in [3.63, 3.8) is 0 Å². The SMILES string of the molecule is CCCCCC(N)S(N)(=O)=O. The van der Waals surface area contributed by atoms with Crippen molar-refractivity contribution < 1.29 is 8.42 Å². The molecule has 0 saturated carbocycles. The van der Waals surface area contributed by atoms with Crippen molar-refractivity contribution in [2.75, 3.05) is 0 Å². The first-order chi connectivity index (χ1) is 4.98. The van der Waals surface area contributed by atoms with Gasteiger partial charge >= 0.3 is 0 Å². The molecule has 1 unspecified atom stereocenters. The Morgan fingerprint density at radius 3 is 2.27 bits per heavy atom. The first-order valence-electron chi connectivity index (χ1n) is 3.75. The molecule has 0 spiro atoms. The highest BCUT2D eigenvalue weighted by Gasteiger charge is 2.14. The fourth-order valence-corrected chi connectivity index (χ4v) is 1.25. The zero-order chi connectivity index (χ0) is 8.91. The van der Waals surface area contributed by atoms with E-state index in [1.807, 2.05) is 6.92 Å². The van der Waals surface area contributed by atoms with Gasteiger partial charge in [-0.05, 0) is 6.42 Å². The molecule has 0 aromatic heterocycles. The molecule has 11 heavy (non-hydrogen) atoms. The summed E-state index contributed by atoms with van der Waals surface area (Å²) in [7, 11) is -3.51. The summed E-state index contributed by atoms with van der Waals surface area (Å²) in [6.45, 7) is 2.04. The third-order valence-electron chi connectivity index (χ3n) is 1.51. The molecule has 4 nitrogen and oxygen atoms in total. The van der Waals surface area contributed by atoms with E-state index in [0.717, 1.165) is 19.3 Å². The van der Waals surface area contributed by atoms with Crippen LogP contribution in [0.3, 0.4) is 0 Å². The van der Waals surface area contributed by atoms with Crippen LogP contribution in [-0.2, 0) is 10.0 Å². The third kappa shape index (κ3) is 5.17. The van der Waals surface area contributed by atoms with Crippen LogP contribution >= 0.6 is 0 Å². The third-order valence-corrected chi connectivity index (χ3v) is 2.59. The molecule has 0 heterocycles. The van der Waals surface area contributed by atoms with E-state index in [-0.39, 0.29) is 0 Å². The molecule has 4 N–H and O–H groups in total. The second kappa shape index (κ2) is 4.69. The second-order valence-corrected chi connectivity index (χ2v) is 4.41. The summed E-state index contributed by atoms with van der Waals surface area (Å²) >= 11 is 0. The highest BCUT2D eigenvalue weighted by molar-refractivity contribution is 7.89. The predicted octanol–water partition coefficient (Wildman–Crippen LogP) is 0.140. The van der Waals surface area contributed by atoms with Crippen molar-refractivity contribution in [1.29, 1.82) is 0 Å². The zero-order valence-electron chi connectivity index (χ0n) is 6.79. The molecule has 0 aliphatic heterocycles. The Hall–Kier alpha value is -0.130. The molecule has 1 atom stereocenters. The van der Waals surface area contributed by atoms with Gasteiger partial charge in [-0.2, -0.15) is 0 Å². The molecule has 0 radical (unpaired) electrons. The van der Waals surface area contributed by atoms with E-state index < -0.39 is 15.4 Å². The predicted molar refractivity (Wildman–Crippen MR) is 45.2 cm³/mol. The Morgan fingerprint density at radius 2 is 1.91 bits per heavy atom. The Morgan fingerprint density at radius 1 is 1.36 bits per heavy atom. The largest absolute Gasteiger partial charge is 0.314 e. The van der Waals surface area contributed by atoms with Crippen LogP contribution in [0.1, 0.15) is 32.6 Å². The number of primary sulfonamides is 1. The van der Waals surface area contributed by atoms with Crippen LogP contribution in [0.5, 0.6) is 0 Å². The average Bonchev–Trinajstić information content (AvgIpc) is 1.86. The van der Waals surface area contributed by atoms with Gasteiger partial charge in [0.1, 0.15) is 5.37 Å². The molecule has 0 saturated heterocycles. The van der Waals surface area contributed by atoms with E-state index in [1.54, 1.807) is 0 Å². The Labute approximate surface area is 68.0 Å². The molecular weight excluding hydrogens is 164 g/mol. The number of hydrogen-bond acceptors (Lipinski definition) is 3. The topological polar surface area (TPSA) is 86.2 Å². The molecule has 0 amide bonds. The van der Waals surface area contributed by atoms with Crippen molar-refractivity contribution in [3.8, 4) is 0 Å². The second-order valence-electron chi connectivity index (χ2n) is 2.62. The molecule has 0 aromatic rings. The molecular formula is C6H16N2O2S. The van der Waals surface area contributed by atoms with Gasteiger partial charge in [0, 0.05) is 0 Å². The summed E-state index contributed by atoms with van der Waals surface area (Å²) < 4.78 is 21.2. The van der Waals surface area contributed by atoms with E-state index in [1.165, 1.54) is 0 Å². The first-order valence-corrected chi connectivity index (χ1v) is 5.36. The van der Waals surface area contributed by atoms with Gasteiger partial charge in [-0.1, -0.05) is 26.2 Å². The lowest BCUT2D eigenvalue weighted by atomic mass is 10.2. The number of hydrogen-bond donors (Lipinski definition) is 2. The minimum atomic E-state index is -3.51. The maximum absolute atomic E-state index is 10.6. The van der Waals surface area contributed by atoms with Gasteiger partial charge in [-0.15, -0.1) is 0 Å². The summed E-state index contributed by atoms with van der Waals surface area (Å²) in [5, 5.41) is 3.93. The van der Waals surface area contributed by atoms with E-state index in [0.29, 0.717) is 6.42 Å². The zero-order valence-corrected chi connectivity index (χ0v) is 7.60. The van der Waals surface area contributed by atoms with Crippen molar-refractivity contribution in [2.24, 2.45) is 10.9 Å². The van der Waals surface area contributed by atoms with E-state index >= 15 is 0 Å². The smallest absolute Gasteiger partial charge is 0.224 e. The maximum atomic E-state index is 10.6. The number of rotatable bonds is 5. The fraction of sp³-hybridized carbons (Fsp3) is 1.00. The lowest BCUT2D eigenvalue weighted by Gasteiger charge is -2.07. The van der Waals surface area contributed by atoms with Gasteiger partial charge in [0.2, 0.25) is 10.0 Å². The van der Waals surface area contributed by atoms with Crippen molar-refractivity contribution in [1.82, 2.24) is 0 Å². The van der Waals surface area contributed by atoms with E-state index in [2.05, 4.69) is 0 Å². The minimum Gasteiger partial charge on any atom is -0.314 e. The lowest BCUT2D eigenvalue weighted by Crippen LogP contribution is -2.35. The fourth-order valence-electron chi connectivity index (χ4n) is 0.760. The van der Waals surface area contributed by atoms with Crippen LogP contribution in [-0.4, -0.2) is 13.8 Å². The monoisotopic (exact) mass is 180 g/mol. The Bertz CT molecular complexity index is 189. The summed E-state index contributed by atoms with van der Waals surface area (Å²) in [6.07, 6.45) is 3.35. The van der Waals surface area contributed by atoms with Crippen molar-refractivity contribution in [3.05, 3.63) is 0 Å². The van der Waals surface area contributed by atoms with Gasteiger partial charge in [0.05, 0.1) is 0 Å². The number of nitrogens with two attached hydrogens (primary N) is 2. The summed E-state index contributed by atoms with van der Waals surface area (Å²) in [5.41, 5.74) is 5.28. The normalized spacial score (nSPS) is 14.8. The van der Waals surface area contributed by atoms with Crippen molar-refractivity contribution >= 4 is 10.0 Å². The minimum absolute atomic E-state index is 0.465. The molecule has 5 heteroatoms. The van der Waals surface area contributed by atoms with Crippen LogP contribution in [0.25, 0.3) is 0 Å². The highest BCUT2D eigenvalue weighted by Crippen LogP contribution is 2.03. The van der Waals surface area contributed by atoms with Gasteiger partial charge in [-0.25, -0.2) is 13.6 Å². The standard InChI is InChI=1S/C6H16N2O2S/c1-2-3-4-5-6(7)11(8,9)10/h6H,2-5,7H2,1H3,(H2,8,9,10). The lowest BCUT2D eigenvalue weighted by molar-refractivity contribution is 0.563. The Balaban J connectivity index is 3.62. The van der Waals surface area contributed by atoms with Gasteiger partial charge in [-0.3, -0.25) is 0 Å². The molecule has 0 aromatic carbocycles. The maximum Gasteiger partial charge on any atom is 0.224 e. The molecule has 0 rings (SSSR count). The molecule has 0 aliphatic carbocycles. The van der Waals surface area contributed by atoms with Crippen LogP contribution in [0.4, 0.5) is 0 Å². The van der Waals surface area contributed by atoms with Crippen LogP contribution in [0, 0.1) is 0 Å². The number of sulfonamides is 1. The molecule has 0 aliphatic rings. The van der Waals surface area contributed by atoms with E-state index in [9.17, 15) is 8.42 Å². The van der Waals surface area contributed by atoms with E-state index in [4.69, 9.17) is 10.9 Å². The highest BCUT2D eigenvalue weighted by atomic mass is 32.2. The summed E-state index contributed by atoms with van der Waals surface area (Å²) in [5.74, 6) is 0. The van der Waals surface area contributed by atoms with Gasteiger partial charge in [0.25, 0.3) is 0 Å². The van der Waals surface area contributed by atoms with Gasteiger partial charge in [0.15, 0.2) is 0 Å². The first kappa shape index (κ1) is 10.9. The van der Waals surface area contributed by atoms with Crippen LogP contribution in [0.15, 0.2) is 0 Å². The van der Waals surface area contributed by atoms with Gasteiger partial charge < -0.3 is 5.73 Å². The number of unbranched alkanes of at least 4 members (excludes halogenated alkanes) is 2. The average molecular weight is 180 g/mol. The molecule has 0 bridgehead atoms. The summed E-state index contributed by atoms with van der Waals surface area (Å²) in [4.78, 5) is 0. The molecule has 68 valence electrons. The molecule has 0 fully saturated rings. The van der Waals surface area contributed by atoms with Crippen LogP contribution in [0.2, 0.25) is 0 Å². The van der Waals surface area contributed by atoms with Crippen LogP contribution < -0.4 is 10.9 Å².